The molecule has 3 nitrogen and oxygen atoms in total. The van der Waals surface area contributed by atoms with E-state index in [0.717, 1.165) is 13.0 Å². The average Bonchev–Trinajstić information content (AvgIpc) is 2.30. The van der Waals surface area contributed by atoms with E-state index in [-0.39, 0.29) is 0 Å². The van der Waals surface area contributed by atoms with Crippen molar-refractivity contribution in [2.24, 2.45) is 0 Å². The van der Waals surface area contributed by atoms with Gasteiger partial charge in [0.25, 0.3) is 0 Å². The predicted octanol–water partition coefficient (Wildman–Crippen LogP) is 4.07. The summed E-state index contributed by atoms with van der Waals surface area (Å²) < 4.78 is 14.5. The summed E-state index contributed by atoms with van der Waals surface area (Å²) >= 11 is 0. The average molecular weight is 348 g/mol. The molecule has 0 N–H and O–H groups in total. The van der Waals surface area contributed by atoms with Gasteiger partial charge >= 0.3 is 8.90 Å². The maximum Gasteiger partial charge on any atom is 0.475 e. The van der Waals surface area contributed by atoms with Crippen LogP contribution in [0, 0.1) is 0 Å². The molecule has 0 saturated carbocycles. The molecule has 0 aromatic rings. The minimum atomic E-state index is -1.22. The van der Waals surface area contributed by atoms with Crippen molar-refractivity contribution in [3.05, 3.63) is 0 Å². The molecule has 0 spiro atoms. The largest absolute Gasteiger partial charge is 0.524 e. The number of rotatable bonds is 10. The highest BCUT2D eigenvalue weighted by Gasteiger charge is 2.33. The molecule has 126 valence electrons. The van der Waals surface area contributed by atoms with E-state index in [0.29, 0.717) is 6.10 Å². The van der Waals surface area contributed by atoms with Gasteiger partial charge in [-0.05, 0) is 45.8 Å². The summed E-state index contributed by atoms with van der Waals surface area (Å²) in [5.74, 6) is 0. The standard InChI is InChI=1S/C15H37NO2Si3/c1-10-17-19(11-2)18-15(3)13-12-14-16(20(4,5)6)21(7,8)9/h11,15H,10,12-14H2,1-9H3/b19-11+. The van der Waals surface area contributed by atoms with E-state index in [2.05, 4.69) is 56.1 Å². The van der Waals surface area contributed by atoms with Crippen LogP contribution in [0.3, 0.4) is 0 Å². The molecular weight excluding hydrogens is 310 g/mol. The summed E-state index contributed by atoms with van der Waals surface area (Å²) in [6.07, 6.45) is 2.65. The quantitative estimate of drug-likeness (QED) is 0.556. The second kappa shape index (κ2) is 9.27. The molecule has 0 aromatic carbocycles. The molecule has 1 atom stereocenters. The molecule has 0 radical (unpaired) electrons. The van der Waals surface area contributed by atoms with Crippen molar-refractivity contribution in [3.63, 3.8) is 0 Å². The fraction of sp³-hybridized carbons (Fsp3) is 0.933. The molecule has 0 aliphatic heterocycles. The predicted molar refractivity (Wildman–Crippen MR) is 102 cm³/mol. The van der Waals surface area contributed by atoms with Crippen LogP contribution in [-0.4, -0.2) is 54.5 Å². The van der Waals surface area contributed by atoms with E-state index >= 15 is 0 Å². The first-order chi connectivity index (χ1) is 9.52. The zero-order valence-corrected chi connectivity index (χ0v) is 18.7. The Morgan fingerprint density at radius 3 is 2.00 bits per heavy atom. The smallest absolute Gasteiger partial charge is 0.475 e. The van der Waals surface area contributed by atoms with Gasteiger partial charge in [0.05, 0.1) is 12.7 Å². The van der Waals surface area contributed by atoms with Crippen molar-refractivity contribution in [2.75, 3.05) is 13.2 Å². The first-order valence-corrected chi connectivity index (χ1v) is 16.5. The molecule has 6 heteroatoms. The fourth-order valence-corrected chi connectivity index (χ4v) is 13.7. The van der Waals surface area contributed by atoms with Gasteiger partial charge in [0, 0.05) is 0 Å². The Bertz CT molecular complexity index is 308. The van der Waals surface area contributed by atoms with E-state index in [4.69, 9.17) is 8.85 Å². The van der Waals surface area contributed by atoms with Gasteiger partial charge in [-0.15, -0.1) is 0 Å². The van der Waals surface area contributed by atoms with E-state index < -0.39 is 25.4 Å². The lowest BCUT2D eigenvalue weighted by Gasteiger charge is -2.43. The van der Waals surface area contributed by atoms with Crippen molar-refractivity contribution < 1.29 is 8.85 Å². The van der Waals surface area contributed by atoms with Crippen molar-refractivity contribution in [1.29, 1.82) is 0 Å². The molecule has 0 rings (SSSR count). The molecular formula is C15H37NO2Si3. The van der Waals surface area contributed by atoms with Crippen LogP contribution in [0.15, 0.2) is 0 Å². The molecule has 0 bridgehead atoms. The summed E-state index contributed by atoms with van der Waals surface area (Å²) in [5.41, 5.74) is 2.08. The molecule has 0 fully saturated rings. The van der Waals surface area contributed by atoms with E-state index in [1.807, 2.05) is 13.8 Å². The third-order valence-electron chi connectivity index (χ3n) is 3.45. The Morgan fingerprint density at radius 1 is 1.10 bits per heavy atom. The minimum Gasteiger partial charge on any atom is -0.524 e. The van der Waals surface area contributed by atoms with Gasteiger partial charge < -0.3 is 13.1 Å². The molecule has 1 unspecified atom stereocenters. The van der Waals surface area contributed by atoms with Crippen LogP contribution in [0.5, 0.6) is 0 Å². The van der Waals surface area contributed by atoms with Crippen LogP contribution in [0.25, 0.3) is 0 Å². The van der Waals surface area contributed by atoms with E-state index in [9.17, 15) is 0 Å². The van der Waals surface area contributed by atoms with Crippen molar-refractivity contribution in [2.45, 2.75) is 79.0 Å². The van der Waals surface area contributed by atoms with Gasteiger partial charge in [0.2, 0.25) is 0 Å². The number of hydrogen-bond donors (Lipinski definition) is 0. The van der Waals surface area contributed by atoms with Crippen LogP contribution in [0.2, 0.25) is 39.3 Å². The first-order valence-electron chi connectivity index (χ1n) is 8.25. The monoisotopic (exact) mass is 347 g/mol. The molecule has 0 aromatic heterocycles. The summed E-state index contributed by atoms with van der Waals surface area (Å²) in [5, 5.41) is 0. The van der Waals surface area contributed by atoms with Crippen molar-refractivity contribution >= 4 is 31.0 Å². The van der Waals surface area contributed by atoms with Gasteiger partial charge in [-0.25, -0.2) is 0 Å². The lowest BCUT2D eigenvalue weighted by molar-refractivity contribution is 0.158. The Labute approximate surface area is 136 Å². The topological polar surface area (TPSA) is 21.7 Å². The van der Waals surface area contributed by atoms with E-state index in [1.54, 1.807) is 0 Å². The van der Waals surface area contributed by atoms with Crippen LogP contribution >= 0.6 is 0 Å². The van der Waals surface area contributed by atoms with Crippen molar-refractivity contribution in [1.82, 2.24) is 4.23 Å². The second-order valence-corrected chi connectivity index (χ2v) is 19.6. The van der Waals surface area contributed by atoms with Gasteiger partial charge in [-0.1, -0.05) is 39.3 Å². The Hall–Kier alpha value is 0.0806. The number of nitrogens with zero attached hydrogens (tertiary/aromatic N) is 1. The van der Waals surface area contributed by atoms with E-state index in [1.165, 1.54) is 13.0 Å². The summed E-state index contributed by atoms with van der Waals surface area (Å²) in [6.45, 7) is 23.0. The highest BCUT2D eigenvalue weighted by atomic mass is 28.4. The summed E-state index contributed by atoms with van der Waals surface area (Å²) in [7, 11) is -3.59. The van der Waals surface area contributed by atoms with Crippen LogP contribution in [0.4, 0.5) is 0 Å². The zero-order chi connectivity index (χ0) is 16.7. The molecule has 21 heavy (non-hydrogen) atoms. The van der Waals surface area contributed by atoms with Crippen LogP contribution < -0.4 is 0 Å². The summed E-state index contributed by atoms with van der Waals surface area (Å²) in [4.78, 5) is 0. The third kappa shape index (κ3) is 8.95. The normalized spacial score (nSPS) is 15.2. The number of hydrogen-bond acceptors (Lipinski definition) is 3. The van der Waals surface area contributed by atoms with Gasteiger partial charge in [-0.2, -0.15) is 0 Å². The maximum atomic E-state index is 6.02. The van der Waals surface area contributed by atoms with Crippen LogP contribution in [-0.2, 0) is 8.85 Å². The Morgan fingerprint density at radius 2 is 1.62 bits per heavy atom. The molecule has 0 amide bonds. The highest BCUT2D eigenvalue weighted by molar-refractivity contribution is 6.89. The third-order valence-corrected chi connectivity index (χ3v) is 12.8. The van der Waals surface area contributed by atoms with Gasteiger partial charge in [-0.3, -0.25) is 0 Å². The SMILES string of the molecule is C/C=[Si](\OCC)OC(C)CCCN([Si](C)(C)C)[Si](C)(C)C. The lowest BCUT2D eigenvalue weighted by Crippen LogP contribution is -2.59. The molecule has 0 saturated heterocycles. The Balaban J connectivity index is 4.33. The second-order valence-electron chi connectivity index (χ2n) is 7.60. The maximum absolute atomic E-state index is 6.02. The zero-order valence-electron chi connectivity index (χ0n) is 15.7. The fourth-order valence-electron chi connectivity index (χ4n) is 2.80. The van der Waals surface area contributed by atoms with Gasteiger partial charge in [0.1, 0.15) is 16.5 Å². The Kier molecular flexibility index (Phi) is 9.31. The minimum absolute atomic E-state index is 0.298. The lowest BCUT2D eigenvalue weighted by atomic mass is 10.2. The molecule has 0 heterocycles. The molecule has 0 aliphatic carbocycles. The van der Waals surface area contributed by atoms with Crippen molar-refractivity contribution in [3.8, 4) is 0 Å². The summed E-state index contributed by atoms with van der Waals surface area (Å²) in [6, 6.07) is 0. The van der Waals surface area contributed by atoms with Gasteiger partial charge in [0.15, 0.2) is 0 Å². The highest BCUT2D eigenvalue weighted by Crippen LogP contribution is 2.20. The van der Waals surface area contributed by atoms with Crippen LogP contribution in [0.1, 0.15) is 33.6 Å². The first kappa shape index (κ1) is 21.1. The molecule has 0 aliphatic rings.